The van der Waals surface area contributed by atoms with Gasteiger partial charge in [0.25, 0.3) is 5.91 Å². The molecular formula is C15H19Cl2N3O. The molecule has 1 atom stereocenters. The molecule has 0 bridgehead atoms. The van der Waals surface area contributed by atoms with Crippen molar-refractivity contribution in [3.8, 4) is 0 Å². The second kappa shape index (κ2) is 5.85. The van der Waals surface area contributed by atoms with Gasteiger partial charge >= 0.3 is 0 Å². The Labute approximate surface area is 135 Å². The lowest BCUT2D eigenvalue weighted by molar-refractivity contribution is -0.119. The van der Waals surface area contributed by atoms with Crippen LogP contribution in [-0.2, 0) is 4.79 Å². The summed E-state index contributed by atoms with van der Waals surface area (Å²) in [6.45, 7) is 10.1. The summed E-state index contributed by atoms with van der Waals surface area (Å²) < 4.78 is 0. The van der Waals surface area contributed by atoms with Gasteiger partial charge in [-0.1, -0.05) is 23.2 Å². The molecule has 1 N–H and O–H groups in total. The minimum Gasteiger partial charge on any atom is -0.278 e. The Kier molecular flexibility index (Phi) is 4.49. The lowest BCUT2D eigenvalue weighted by Gasteiger charge is -2.23. The summed E-state index contributed by atoms with van der Waals surface area (Å²) in [6.07, 6.45) is 0. The normalized spacial score (nSPS) is 20.3. The van der Waals surface area contributed by atoms with Crippen LogP contribution in [0.5, 0.6) is 0 Å². The second-order valence-corrected chi connectivity index (χ2v) is 5.97. The monoisotopic (exact) mass is 327 g/mol. The Hall–Kier alpha value is -1.26. The van der Waals surface area contributed by atoms with E-state index in [1.807, 2.05) is 34.6 Å². The zero-order valence-electron chi connectivity index (χ0n) is 12.8. The van der Waals surface area contributed by atoms with Crippen molar-refractivity contribution < 1.29 is 4.79 Å². The van der Waals surface area contributed by atoms with E-state index in [1.165, 1.54) is 5.01 Å². The summed E-state index contributed by atoms with van der Waals surface area (Å²) in [4.78, 5) is 16.8. The number of nitrogens with one attached hydrogen (secondary N) is 1. The molecule has 1 unspecified atom stereocenters. The molecule has 1 aromatic carbocycles. The van der Waals surface area contributed by atoms with E-state index in [0.717, 1.165) is 16.7 Å². The van der Waals surface area contributed by atoms with Crippen molar-refractivity contribution >= 4 is 40.6 Å². The number of aliphatic imine (C=N–C) groups is 1. The molecule has 0 spiro atoms. The van der Waals surface area contributed by atoms with Gasteiger partial charge in [-0.25, -0.2) is 5.01 Å². The van der Waals surface area contributed by atoms with Crippen molar-refractivity contribution in [1.29, 1.82) is 0 Å². The third-order valence-corrected chi connectivity index (χ3v) is 4.92. The van der Waals surface area contributed by atoms with Crippen LogP contribution in [0.4, 0.5) is 5.69 Å². The molecule has 2 rings (SSSR count). The molecular weight excluding hydrogens is 309 g/mol. The van der Waals surface area contributed by atoms with Gasteiger partial charge in [-0.3, -0.25) is 15.2 Å². The number of hydrogen-bond donors (Lipinski definition) is 1. The van der Waals surface area contributed by atoms with Crippen LogP contribution in [0.1, 0.15) is 30.5 Å². The van der Waals surface area contributed by atoms with Gasteiger partial charge in [0.1, 0.15) is 5.84 Å². The lowest BCUT2D eigenvalue weighted by atomic mass is 10.0. The number of carbonyl (C=O) groups excluding carboxylic acids is 1. The van der Waals surface area contributed by atoms with Crippen LogP contribution in [0, 0.1) is 26.7 Å². The number of amides is 1. The van der Waals surface area contributed by atoms with E-state index in [4.69, 9.17) is 23.2 Å². The van der Waals surface area contributed by atoms with E-state index >= 15 is 0 Å². The number of anilines is 1. The van der Waals surface area contributed by atoms with Crippen LogP contribution in [-0.4, -0.2) is 18.3 Å². The minimum atomic E-state index is -0.295. The molecule has 1 aliphatic heterocycles. The first-order chi connectivity index (χ1) is 9.81. The maximum Gasteiger partial charge on any atom is 0.256 e. The van der Waals surface area contributed by atoms with Crippen LogP contribution < -0.4 is 10.4 Å². The smallest absolute Gasteiger partial charge is 0.256 e. The van der Waals surface area contributed by atoms with Crippen LogP contribution >= 0.6 is 23.2 Å². The summed E-state index contributed by atoms with van der Waals surface area (Å²) in [5.74, 6) is 0.313. The first-order valence-corrected chi connectivity index (χ1v) is 7.66. The van der Waals surface area contributed by atoms with Gasteiger partial charge in [-0.2, -0.15) is 0 Å². The molecule has 1 saturated heterocycles. The number of nitrogens with zero attached hydrogens (tertiary/aromatic N) is 2. The Morgan fingerprint density at radius 3 is 2.33 bits per heavy atom. The van der Waals surface area contributed by atoms with E-state index in [1.54, 1.807) is 0 Å². The molecule has 1 aromatic rings. The SMILES string of the molecule is CCN=C1NN(c2c(C)c(C)c(Cl)c(C)c2Cl)C(=O)C1C. The van der Waals surface area contributed by atoms with E-state index in [-0.39, 0.29) is 11.8 Å². The maximum atomic E-state index is 12.5. The number of amidine groups is 1. The first-order valence-electron chi connectivity index (χ1n) is 6.90. The first kappa shape index (κ1) is 16.1. The zero-order chi connectivity index (χ0) is 15.9. The van der Waals surface area contributed by atoms with Crippen molar-refractivity contribution in [3.63, 3.8) is 0 Å². The van der Waals surface area contributed by atoms with Gasteiger partial charge in [0.2, 0.25) is 0 Å². The summed E-state index contributed by atoms with van der Waals surface area (Å²) in [5.41, 5.74) is 6.33. The number of hydrazine groups is 1. The molecule has 6 heteroatoms. The van der Waals surface area contributed by atoms with Gasteiger partial charge in [-0.05, 0) is 51.3 Å². The van der Waals surface area contributed by atoms with Gasteiger partial charge in [0.05, 0.1) is 16.6 Å². The van der Waals surface area contributed by atoms with Crippen molar-refractivity contribution in [2.75, 3.05) is 11.6 Å². The van der Waals surface area contributed by atoms with E-state index in [0.29, 0.717) is 28.1 Å². The average Bonchev–Trinajstić information content (AvgIpc) is 2.73. The molecule has 0 radical (unpaired) electrons. The topological polar surface area (TPSA) is 44.7 Å². The van der Waals surface area contributed by atoms with Crippen LogP contribution in [0.2, 0.25) is 10.0 Å². The fourth-order valence-corrected chi connectivity index (χ4v) is 3.02. The highest BCUT2D eigenvalue weighted by molar-refractivity contribution is 6.39. The summed E-state index contributed by atoms with van der Waals surface area (Å²) >= 11 is 12.7. The standard InChI is InChI=1S/C15H19Cl2N3O/c1-6-18-14-10(5)15(21)20(19-14)13-8(3)7(2)11(16)9(4)12(13)17/h10H,6H2,1-5H3,(H,18,19). The number of carbonyl (C=O) groups is 1. The number of hydrogen-bond acceptors (Lipinski definition) is 2. The van der Waals surface area contributed by atoms with Gasteiger partial charge < -0.3 is 0 Å². The summed E-state index contributed by atoms with van der Waals surface area (Å²) in [6, 6.07) is 0. The molecule has 4 nitrogen and oxygen atoms in total. The number of rotatable bonds is 2. The second-order valence-electron chi connectivity index (χ2n) is 5.22. The summed E-state index contributed by atoms with van der Waals surface area (Å²) in [5, 5.41) is 2.63. The Balaban J connectivity index is 2.59. The molecule has 21 heavy (non-hydrogen) atoms. The fourth-order valence-electron chi connectivity index (χ4n) is 2.41. The molecule has 1 amide bonds. The lowest BCUT2D eigenvalue weighted by Crippen LogP contribution is -2.37. The predicted octanol–water partition coefficient (Wildman–Crippen LogP) is 3.82. The predicted molar refractivity (Wildman–Crippen MR) is 88.4 cm³/mol. The molecule has 0 aliphatic carbocycles. The zero-order valence-corrected chi connectivity index (χ0v) is 14.4. The quantitative estimate of drug-likeness (QED) is 0.897. The Morgan fingerprint density at radius 1 is 1.14 bits per heavy atom. The minimum absolute atomic E-state index is 0.0617. The van der Waals surface area contributed by atoms with E-state index in [2.05, 4.69) is 10.4 Å². The molecule has 1 fully saturated rings. The van der Waals surface area contributed by atoms with Crippen molar-refractivity contribution in [2.24, 2.45) is 10.9 Å². The third-order valence-electron chi connectivity index (χ3n) is 3.89. The number of benzene rings is 1. The molecule has 114 valence electrons. The molecule has 0 aromatic heterocycles. The van der Waals surface area contributed by atoms with Gasteiger partial charge in [0.15, 0.2) is 0 Å². The van der Waals surface area contributed by atoms with Crippen LogP contribution in [0.25, 0.3) is 0 Å². The Morgan fingerprint density at radius 2 is 1.76 bits per heavy atom. The van der Waals surface area contributed by atoms with Gasteiger partial charge in [0, 0.05) is 11.6 Å². The third kappa shape index (κ3) is 2.51. The summed E-state index contributed by atoms with van der Waals surface area (Å²) in [7, 11) is 0. The fraction of sp³-hybridized carbons (Fsp3) is 0.467. The largest absolute Gasteiger partial charge is 0.278 e. The Bertz CT molecular complexity index is 611. The number of halogens is 2. The van der Waals surface area contributed by atoms with Crippen molar-refractivity contribution in [3.05, 3.63) is 26.7 Å². The molecule has 1 heterocycles. The van der Waals surface area contributed by atoms with Crippen LogP contribution in [0.15, 0.2) is 4.99 Å². The maximum absolute atomic E-state index is 12.5. The highest BCUT2D eigenvalue weighted by atomic mass is 35.5. The average molecular weight is 328 g/mol. The highest BCUT2D eigenvalue weighted by Crippen LogP contribution is 2.40. The van der Waals surface area contributed by atoms with Crippen molar-refractivity contribution in [2.45, 2.75) is 34.6 Å². The van der Waals surface area contributed by atoms with E-state index in [9.17, 15) is 4.79 Å². The molecule has 0 saturated carbocycles. The van der Waals surface area contributed by atoms with Crippen molar-refractivity contribution in [1.82, 2.24) is 5.43 Å². The van der Waals surface area contributed by atoms with E-state index < -0.39 is 0 Å². The van der Waals surface area contributed by atoms with Crippen LogP contribution in [0.3, 0.4) is 0 Å². The van der Waals surface area contributed by atoms with Gasteiger partial charge in [-0.15, -0.1) is 0 Å². The molecule has 1 aliphatic rings. The highest BCUT2D eigenvalue weighted by Gasteiger charge is 2.37.